The van der Waals surface area contributed by atoms with Crippen molar-refractivity contribution in [2.45, 2.75) is 38.8 Å². The molecule has 0 bridgehead atoms. The summed E-state index contributed by atoms with van der Waals surface area (Å²) in [6.45, 7) is 6.63. The van der Waals surface area contributed by atoms with Crippen molar-refractivity contribution in [1.29, 1.82) is 0 Å². The van der Waals surface area contributed by atoms with Gasteiger partial charge in [0.15, 0.2) is 0 Å². The van der Waals surface area contributed by atoms with Crippen LogP contribution in [0.1, 0.15) is 37.8 Å². The summed E-state index contributed by atoms with van der Waals surface area (Å²) in [7, 11) is 0. The van der Waals surface area contributed by atoms with E-state index in [1.54, 1.807) is 0 Å². The first kappa shape index (κ1) is 17.0. The molecule has 1 aliphatic heterocycles. The molecular weight excluding hydrogens is 322 g/mol. The second kappa shape index (κ2) is 7.87. The molecule has 3 heterocycles. The van der Waals surface area contributed by atoms with Crippen molar-refractivity contribution in [3.63, 3.8) is 0 Å². The molecule has 4 rings (SSSR count). The Kier molecular flexibility index (Phi) is 5.16. The molecule has 0 amide bonds. The fraction of sp³-hybridized carbons (Fsp3) is 0.429. The summed E-state index contributed by atoms with van der Waals surface area (Å²) >= 11 is 0. The van der Waals surface area contributed by atoms with Gasteiger partial charge in [0, 0.05) is 24.3 Å². The highest BCUT2D eigenvalue weighted by Gasteiger charge is 2.20. The van der Waals surface area contributed by atoms with Crippen LogP contribution in [0.3, 0.4) is 0 Å². The van der Waals surface area contributed by atoms with E-state index in [2.05, 4.69) is 56.9 Å². The Morgan fingerprint density at radius 1 is 1.08 bits per heavy atom. The van der Waals surface area contributed by atoms with E-state index in [1.807, 2.05) is 29.5 Å². The zero-order valence-corrected chi connectivity index (χ0v) is 15.5. The Morgan fingerprint density at radius 3 is 2.65 bits per heavy atom. The van der Waals surface area contributed by atoms with Crippen LogP contribution < -0.4 is 0 Å². The Balaban J connectivity index is 1.52. The number of aromatic nitrogens is 4. The molecule has 1 aliphatic rings. The number of hydrogen-bond donors (Lipinski definition) is 0. The quantitative estimate of drug-likeness (QED) is 0.650. The van der Waals surface area contributed by atoms with Crippen LogP contribution in [0.2, 0.25) is 0 Å². The SMILES string of the molecule is CCC(CN1CCCC1)n1cncc1-c1cnn(Cc2ccccc2)c1. The number of nitrogens with zero attached hydrogens (tertiary/aromatic N) is 5. The van der Waals surface area contributed by atoms with Gasteiger partial charge in [-0.1, -0.05) is 37.3 Å². The lowest BCUT2D eigenvalue weighted by Gasteiger charge is -2.25. The smallest absolute Gasteiger partial charge is 0.0954 e. The van der Waals surface area contributed by atoms with E-state index in [4.69, 9.17) is 0 Å². The fourth-order valence-electron chi connectivity index (χ4n) is 3.85. The predicted molar refractivity (Wildman–Crippen MR) is 104 cm³/mol. The molecule has 0 spiro atoms. The third-order valence-electron chi connectivity index (χ3n) is 5.31. The van der Waals surface area contributed by atoms with Gasteiger partial charge in [-0.05, 0) is 37.9 Å². The average molecular weight is 349 g/mol. The molecule has 26 heavy (non-hydrogen) atoms. The van der Waals surface area contributed by atoms with E-state index >= 15 is 0 Å². The molecule has 3 aromatic rings. The highest BCUT2D eigenvalue weighted by Crippen LogP contribution is 2.25. The summed E-state index contributed by atoms with van der Waals surface area (Å²) < 4.78 is 4.34. The van der Waals surface area contributed by atoms with Gasteiger partial charge in [0.25, 0.3) is 0 Å². The second-order valence-electron chi connectivity index (χ2n) is 7.17. The van der Waals surface area contributed by atoms with Gasteiger partial charge in [0.1, 0.15) is 0 Å². The maximum Gasteiger partial charge on any atom is 0.0954 e. The molecule has 5 nitrogen and oxygen atoms in total. The molecule has 1 saturated heterocycles. The minimum absolute atomic E-state index is 0.461. The molecule has 5 heteroatoms. The van der Waals surface area contributed by atoms with Crippen LogP contribution in [0.5, 0.6) is 0 Å². The van der Waals surface area contributed by atoms with E-state index in [0.717, 1.165) is 30.8 Å². The van der Waals surface area contributed by atoms with E-state index in [-0.39, 0.29) is 0 Å². The lowest BCUT2D eigenvalue weighted by atomic mass is 10.1. The number of benzene rings is 1. The molecule has 0 saturated carbocycles. The van der Waals surface area contributed by atoms with Crippen molar-refractivity contribution >= 4 is 0 Å². The summed E-state index contributed by atoms with van der Waals surface area (Å²) in [4.78, 5) is 7.02. The van der Waals surface area contributed by atoms with Gasteiger partial charge in [0.05, 0.1) is 31.0 Å². The number of rotatable bonds is 7. The van der Waals surface area contributed by atoms with Crippen LogP contribution in [0.4, 0.5) is 0 Å². The molecule has 2 aromatic heterocycles. The van der Waals surface area contributed by atoms with Gasteiger partial charge in [-0.3, -0.25) is 4.68 Å². The summed E-state index contributed by atoms with van der Waals surface area (Å²) in [5, 5.41) is 4.56. The van der Waals surface area contributed by atoms with Crippen LogP contribution in [0.15, 0.2) is 55.2 Å². The number of likely N-dealkylation sites (tertiary alicyclic amines) is 1. The summed E-state index contributed by atoms with van der Waals surface area (Å²) in [6, 6.07) is 10.9. The van der Waals surface area contributed by atoms with Crippen molar-refractivity contribution in [2.75, 3.05) is 19.6 Å². The van der Waals surface area contributed by atoms with E-state index < -0.39 is 0 Å². The first-order valence-corrected chi connectivity index (χ1v) is 9.64. The zero-order chi connectivity index (χ0) is 17.8. The normalized spacial score (nSPS) is 16.2. The number of hydrogen-bond acceptors (Lipinski definition) is 3. The topological polar surface area (TPSA) is 38.9 Å². The molecule has 1 atom stereocenters. The van der Waals surface area contributed by atoms with Crippen molar-refractivity contribution < 1.29 is 0 Å². The zero-order valence-electron chi connectivity index (χ0n) is 15.5. The van der Waals surface area contributed by atoms with Gasteiger partial charge < -0.3 is 9.47 Å². The van der Waals surface area contributed by atoms with Crippen LogP contribution >= 0.6 is 0 Å². The predicted octanol–water partition coefficient (Wildman–Crippen LogP) is 3.84. The minimum atomic E-state index is 0.461. The largest absolute Gasteiger partial charge is 0.326 e. The second-order valence-corrected chi connectivity index (χ2v) is 7.17. The summed E-state index contributed by atoms with van der Waals surface area (Å²) in [5.41, 5.74) is 3.56. The van der Waals surface area contributed by atoms with Crippen LogP contribution in [-0.4, -0.2) is 43.9 Å². The van der Waals surface area contributed by atoms with Crippen LogP contribution in [-0.2, 0) is 6.54 Å². The summed E-state index contributed by atoms with van der Waals surface area (Å²) in [6.07, 6.45) is 11.8. The molecule has 0 N–H and O–H groups in total. The van der Waals surface area contributed by atoms with Crippen LogP contribution in [0, 0.1) is 0 Å². The third kappa shape index (κ3) is 3.73. The van der Waals surface area contributed by atoms with Gasteiger partial charge in [0.2, 0.25) is 0 Å². The molecule has 0 aliphatic carbocycles. The Morgan fingerprint density at radius 2 is 1.88 bits per heavy atom. The summed E-state index contributed by atoms with van der Waals surface area (Å²) in [5.74, 6) is 0. The minimum Gasteiger partial charge on any atom is -0.326 e. The first-order chi connectivity index (χ1) is 12.8. The maximum atomic E-state index is 4.56. The van der Waals surface area contributed by atoms with Gasteiger partial charge in [-0.25, -0.2) is 4.98 Å². The van der Waals surface area contributed by atoms with E-state index in [0.29, 0.717) is 6.04 Å². The van der Waals surface area contributed by atoms with E-state index in [1.165, 1.54) is 31.5 Å². The van der Waals surface area contributed by atoms with Gasteiger partial charge >= 0.3 is 0 Å². The van der Waals surface area contributed by atoms with Crippen LogP contribution in [0.25, 0.3) is 11.3 Å². The van der Waals surface area contributed by atoms with E-state index in [9.17, 15) is 0 Å². The fourth-order valence-corrected chi connectivity index (χ4v) is 3.85. The standard InChI is InChI=1S/C21H27N5/c1-2-20(16-24-10-6-7-11-24)26-17-22-13-21(26)19-12-23-25(15-19)14-18-8-4-3-5-9-18/h3-5,8-9,12-13,15,17,20H,2,6-7,10-11,14,16H2,1H3. The molecule has 136 valence electrons. The molecular formula is C21H27N5. The average Bonchev–Trinajstić information content (AvgIpc) is 3.42. The monoisotopic (exact) mass is 349 g/mol. The molecule has 1 aromatic carbocycles. The van der Waals surface area contributed by atoms with Crippen molar-refractivity contribution in [2.24, 2.45) is 0 Å². The van der Waals surface area contributed by atoms with Crippen molar-refractivity contribution in [1.82, 2.24) is 24.2 Å². The molecule has 1 fully saturated rings. The third-order valence-corrected chi connectivity index (χ3v) is 5.31. The molecule has 0 radical (unpaired) electrons. The van der Waals surface area contributed by atoms with Crippen molar-refractivity contribution in [3.8, 4) is 11.3 Å². The van der Waals surface area contributed by atoms with Gasteiger partial charge in [-0.2, -0.15) is 5.10 Å². The lowest BCUT2D eigenvalue weighted by molar-refractivity contribution is 0.273. The maximum absolute atomic E-state index is 4.56. The Bertz CT molecular complexity index is 814. The number of imidazole rings is 1. The Labute approximate surface area is 155 Å². The Hall–Kier alpha value is -2.40. The highest BCUT2D eigenvalue weighted by atomic mass is 15.3. The molecule has 1 unspecified atom stereocenters. The highest BCUT2D eigenvalue weighted by molar-refractivity contribution is 5.56. The lowest BCUT2D eigenvalue weighted by Crippen LogP contribution is -2.28. The van der Waals surface area contributed by atoms with Gasteiger partial charge in [-0.15, -0.1) is 0 Å². The first-order valence-electron chi connectivity index (χ1n) is 9.64. The van der Waals surface area contributed by atoms with Crippen molar-refractivity contribution in [3.05, 3.63) is 60.8 Å².